The summed E-state index contributed by atoms with van der Waals surface area (Å²) in [5.74, 6) is -0.151. The summed E-state index contributed by atoms with van der Waals surface area (Å²) >= 11 is 0. The first-order valence-corrected chi connectivity index (χ1v) is 9.21. The predicted molar refractivity (Wildman–Crippen MR) is 80.0 cm³/mol. The van der Waals surface area contributed by atoms with Crippen molar-refractivity contribution in [3.8, 4) is 0 Å². The van der Waals surface area contributed by atoms with Gasteiger partial charge in [0.25, 0.3) is 10.1 Å². The molecule has 0 spiro atoms. The van der Waals surface area contributed by atoms with Gasteiger partial charge in [-0.05, 0) is 32.1 Å². The quantitative estimate of drug-likeness (QED) is 0.497. The van der Waals surface area contributed by atoms with E-state index in [9.17, 15) is 18.0 Å². The third kappa shape index (κ3) is 7.60. The number of amides is 2. The third-order valence-electron chi connectivity index (χ3n) is 3.55. The van der Waals surface area contributed by atoms with Gasteiger partial charge in [-0.1, -0.05) is 0 Å². The van der Waals surface area contributed by atoms with Gasteiger partial charge in [0.05, 0.1) is 12.9 Å². The molecule has 0 aromatic heterocycles. The lowest BCUT2D eigenvalue weighted by atomic mass is 9.96. The Balaban J connectivity index is 2.06. The minimum Gasteiger partial charge on any atom is -0.465 e. The second-order valence-electron chi connectivity index (χ2n) is 5.42. The lowest BCUT2D eigenvalue weighted by molar-refractivity contribution is -0.126. The molecule has 0 aromatic carbocycles. The predicted octanol–water partition coefficient (Wildman–Crippen LogP) is 0.639. The fourth-order valence-electron chi connectivity index (χ4n) is 2.30. The number of likely N-dealkylation sites (tertiary alicyclic amines) is 1. The number of carbonyl (C=O) groups is 2. The number of hydrogen-bond acceptors (Lipinski definition) is 5. The average Bonchev–Trinajstić information content (AvgIpc) is 2.45. The molecule has 0 atom stereocenters. The molecule has 1 saturated heterocycles. The van der Waals surface area contributed by atoms with E-state index in [4.69, 9.17) is 5.11 Å². The topological polar surface area (TPSA) is 113 Å². The van der Waals surface area contributed by atoms with Crippen molar-refractivity contribution in [1.29, 1.82) is 0 Å². The lowest BCUT2D eigenvalue weighted by Gasteiger charge is -2.29. The smallest absolute Gasteiger partial charge is 0.407 e. The number of unbranched alkanes of at least 4 members (excludes halogenated alkanes) is 2. The van der Waals surface area contributed by atoms with Gasteiger partial charge < -0.3 is 15.3 Å². The van der Waals surface area contributed by atoms with Crippen molar-refractivity contribution in [3.05, 3.63) is 0 Å². The minimum atomic E-state index is -3.37. The SMILES string of the molecule is CS(=O)(=O)OCCCCCNC(=O)C1CCN(C(=O)O)CC1. The molecule has 0 aromatic rings. The molecule has 8 nitrogen and oxygen atoms in total. The summed E-state index contributed by atoms with van der Waals surface area (Å²) < 4.78 is 26.1. The highest BCUT2D eigenvalue weighted by Gasteiger charge is 2.26. The fourth-order valence-corrected chi connectivity index (χ4v) is 2.72. The van der Waals surface area contributed by atoms with Gasteiger partial charge in [-0.15, -0.1) is 0 Å². The van der Waals surface area contributed by atoms with Crippen LogP contribution in [0.5, 0.6) is 0 Å². The number of nitrogens with zero attached hydrogens (tertiary/aromatic N) is 1. The van der Waals surface area contributed by atoms with E-state index in [1.165, 1.54) is 4.90 Å². The van der Waals surface area contributed by atoms with Gasteiger partial charge in [-0.2, -0.15) is 8.42 Å². The van der Waals surface area contributed by atoms with Crippen molar-refractivity contribution in [1.82, 2.24) is 10.2 Å². The van der Waals surface area contributed by atoms with E-state index in [0.717, 1.165) is 19.1 Å². The van der Waals surface area contributed by atoms with E-state index in [1.807, 2.05) is 0 Å². The van der Waals surface area contributed by atoms with Crippen molar-refractivity contribution in [3.63, 3.8) is 0 Å². The Morgan fingerprint density at radius 1 is 1.23 bits per heavy atom. The average molecular weight is 336 g/mol. The first-order valence-electron chi connectivity index (χ1n) is 7.39. The zero-order valence-corrected chi connectivity index (χ0v) is 13.6. The summed E-state index contributed by atoms with van der Waals surface area (Å²) in [7, 11) is -3.37. The Bertz CT molecular complexity index is 471. The molecule has 2 amide bonds. The molecule has 0 aliphatic carbocycles. The molecule has 9 heteroatoms. The zero-order valence-electron chi connectivity index (χ0n) is 12.8. The normalized spacial score (nSPS) is 16.5. The van der Waals surface area contributed by atoms with Gasteiger partial charge in [0, 0.05) is 25.6 Å². The first-order chi connectivity index (χ1) is 10.3. The van der Waals surface area contributed by atoms with Gasteiger partial charge in [-0.25, -0.2) is 4.79 Å². The molecule has 128 valence electrons. The van der Waals surface area contributed by atoms with Crippen molar-refractivity contribution >= 4 is 22.1 Å². The van der Waals surface area contributed by atoms with Crippen LogP contribution in [0.15, 0.2) is 0 Å². The van der Waals surface area contributed by atoms with Gasteiger partial charge in [-0.3, -0.25) is 8.98 Å². The van der Waals surface area contributed by atoms with Gasteiger partial charge in [0.15, 0.2) is 0 Å². The van der Waals surface area contributed by atoms with Crippen molar-refractivity contribution < 1.29 is 27.3 Å². The van der Waals surface area contributed by atoms with Crippen LogP contribution in [0.1, 0.15) is 32.1 Å². The van der Waals surface area contributed by atoms with E-state index in [2.05, 4.69) is 9.50 Å². The maximum Gasteiger partial charge on any atom is 0.407 e. The Labute approximate surface area is 130 Å². The van der Waals surface area contributed by atoms with Gasteiger partial charge in [0.1, 0.15) is 0 Å². The number of piperidine rings is 1. The molecule has 2 N–H and O–H groups in total. The van der Waals surface area contributed by atoms with Crippen LogP contribution >= 0.6 is 0 Å². The van der Waals surface area contributed by atoms with E-state index in [0.29, 0.717) is 38.9 Å². The van der Waals surface area contributed by atoms with Crippen LogP contribution in [-0.2, 0) is 19.1 Å². The number of carbonyl (C=O) groups excluding carboxylic acids is 1. The second-order valence-corrected chi connectivity index (χ2v) is 7.07. The fraction of sp³-hybridized carbons (Fsp3) is 0.846. The molecule has 1 fully saturated rings. The Hall–Kier alpha value is -1.35. The Kier molecular flexibility index (Phi) is 7.60. The summed E-state index contributed by atoms with van der Waals surface area (Å²) in [6.07, 6.45) is 3.35. The number of carboxylic acid groups (broad SMARTS) is 1. The summed E-state index contributed by atoms with van der Waals surface area (Å²) in [6.45, 7) is 1.50. The maximum absolute atomic E-state index is 11.9. The standard InChI is InChI=1S/C13H24N2O6S/c1-22(19,20)21-10-4-2-3-7-14-12(16)11-5-8-15(9-6-11)13(17)18/h11H,2-10H2,1H3,(H,14,16)(H,17,18). The summed E-state index contributed by atoms with van der Waals surface area (Å²) in [5, 5.41) is 11.7. The van der Waals surface area contributed by atoms with E-state index in [-0.39, 0.29) is 18.4 Å². The summed E-state index contributed by atoms with van der Waals surface area (Å²) in [4.78, 5) is 24.0. The zero-order chi connectivity index (χ0) is 16.6. The molecular weight excluding hydrogens is 312 g/mol. The number of nitrogens with one attached hydrogen (secondary N) is 1. The van der Waals surface area contributed by atoms with Gasteiger partial charge in [0.2, 0.25) is 5.91 Å². The molecule has 0 radical (unpaired) electrons. The highest BCUT2D eigenvalue weighted by Crippen LogP contribution is 2.17. The summed E-state index contributed by atoms with van der Waals surface area (Å²) in [5.41, 5.74) is 0. The third-order valence-corrected chi connectivity index (χ3v) is 4.15. The minimum absolute atomic E-state index is 0.0302. The molecule has 22 heavy (non-hydrogen) atoms. The molecule has 1 aliphatic heterocycles. The van der Waals surface area contributed by atoms with Crippen LogP contribution in [0.3, 0.4) is 0 Å². The molecule has 1 rings (SSSR count). The monoisotopic (exact) mass is 336 g/mol. The molecule has 1 heterocycles. The molecule has 1 aliphatic rings. The largest absolute Gasteiger partial charge is 0.465 e. The molecule has 0 bridgehead atoms. The van der Waals surface area contributed by atoms with Crippen LogP contribution in [0.2, 0.25) is 0 Å². The molecular formula is C13H24N2O6S. The molecule has 0 saturated carbocycles. The number of hydrogen-bond donors (Lipinski definition) is 2. The van der Waals surface area contributed by atoms with Crippen LogP contribution < -0.4 is 5.32 Å². The van der Waals surface area contributed by atoms with Crippen LogP contribution in [0, 0.1) is 5.92 Å². The number of rotatable bonds is 8. The van der Waals surface area contributed by atoms with Crippen LogP contribution in [-0.4, -0.2) is 62.9 Å². The van der Waals surface area contributed by atoms with Crippen molar-refractivity contribution in [2.75, 3.05) is 32.5 Å². The lowest BCUT2D eigenvalue weighted by Crippen LogP contribution is -2.42. The van der Waals surface area contributed by atoms with E-state index < -0.39 is 16.2 Å². The summed E-state index contributed by atoms with van der Waals surface area (Å²) in [6, 6.07) is 0. The highest BCUT2D eigenvalue weighted by molar-refractivity contribution is 7.85. The first kappa shape index (κ1) is 18.7. The maximum atomic E-state index is 11.9. The van der Waals surface area contributed by atoms with Crippen LogP contribution in [0.25, 0.3) is 0 Å². The van der Waals surface area contributed by atoms with Gasteiger partial charge >= 0.3 is 6.09 Å². The van der Waals surface area contributed by atoms with Crippen molar-refractivity contribution in [2.24, 2.45) is 5.92 Å². The van der Waals surface area contributed by atoms with Crippen molar-refractivity contribution in [2.45, 2.75) is 32.1 Å². The van der Waals surface area contributed by atoms with E-state index in [1.54, 1.807) is 0 Å². The molecule has 0 unspecified atom stereocenters. The Morgan fingerprint density at radius 3 is 2.41 bits per heavy atom. The highest BCUT2D eigenvalue weighted by atomic mass is 32.2. The second kappa shape index (κ2) is 8.94. The van der Waals surface area contributed by atoms with E-state index >= 15 is 0 Å². The Morgan fingerprint density at radius 2 is 1.86 bits per heavy atom. The van der Waals surface area contributed by atoms with Crippen LogP contribution in [0.4, 0.5) is 4.79 Å².